The lowest BCUT2D eigenvalue weighted by atomic mass is 10.1. The summed E-state index contributed by atoms with van der Waals surface area (Å²) in [7, 11) is 0. The molecule has 0 unspecified atom stereocenters. The van der Waals surface area contributed by atoms with Crippen molar-refractivity contribution in [1.82, 2.24) is 20.3 Å². The Morgan fingerprint density at radius 2 is 2.30 bits per heavy atom. The van der Waals surface area contributed by atoms with E-state index in [1.165, 1.54) is 4.68 Å². The third-order valence-corrected chi connectivity index (χ3v) is 4.01. The highest BCUT2D eigenvalue weighted by Crippen LogP contribution is 2.19. The second-order valence-electron chi connectivity index (χ2n) is 5.87. The van der Waals surface area contributed by atoms with Crippen LogP contribution in [0.4, 0.5) is 5.82 Å². The number of nitrogens with zero attached hydrogens (tertiary/aromatic N) is 3. The van der Waals surface area contributed by atoms with Gasteiger partial charge in [-0.25, -0.2) is 0 Å². The van der Waals surface area contributed by atoms with Gasteiger partial charge in [-0.2, -0.15) is 4.68 Å². The average molecular weight is 315 g/mol. The van der Waals surface area contributed by atoms with Crippen LogP contribution in [0.25, 0.3) is 5.69 Å². The molecule has 1 amide bonds. The summed E-state index contributed by atoms with van der Waals surface area (Å²) in [6, 6.07) is 5.93. The van der Waals surface area contributed by atoms with Crippen molar-refractivity contribution >= 4 is 11.7 Å². The van der Waals surface area contributed by atoms with Crippen LogP contribution in [0.2, 0.25) is 0 Å². The van der Waals surface area contributed by atoms with Crippen molar-refractivity contribution in [3.05, 3.63) is 35.0 Å². The zero-order chi connectivity index (χ0) is 16.4. The number of nitrogen functional groups attached to an aromatic ring is 1. The van der Waals surface area contributed by atoms with E-state index in [1.54, 1.807) is 0 Å². The van der Waals surface area contributed by atoms with Gasteiger partial charge >= 0.3 is 0 Å². The van der Waals surface area contributed by atoms with E-state index < -0.39 is 0 Å². The minimum atomic E-state index is -0.325. The van der Waals surface area contributed by atoms with Crippen LogP contribution in [-0.4, -0.2) is 40.2 Å². The van der Waals surface area contributed by atoms with Crippen LogP contribution in [-0.2, 0) is 4.74 Å². The molecule has 0 spiro atoms. The first-order valence-electron chi connectivity index (χ1n) is 7.75. The predicted octanol–water partition coefficient (Wildman–Crippen LogP) is 1.38. The summed E-state index contributed by atoms with van der Waals surface area (Å²) < 4.78 is 6.98. The standard InChI is InChI=1S/C16H21N5O2/c1-10-5-6-13(11(2)8-10)21-15(17)14(19-20-21)16(22)18-9-12-4-3-7-23-12/h5-6,8,12H,3-4,7,9,17H2,1-2H3,(H,18,22)/t12-/m1/s1. The van der Waals surface area contributed by atoms with E-state index in [9.17, 15) is 4.79 Å². The number of ether oxygens (including phenoxy) is 1. The fourth-order valence-corrected chi connectivity index (χ4v) is 2.77. The molecule has 1 aromatic heterocycles. The molecule has 7 nitrogen and oxygen atoms in total. The van der Waals surface area contributed by atoms with Gasteiger partial charge < -0.3 is 15.8 Å². The molecular formula is C16H21N5O2. The van der Waals surface area contributed by atoms with E-state index >= 15 is 0 Å². The molecule has 122 valence electrons. The number of anilines is 1. The number of nitrogens with one attached hydrogen (secondary N) is 1. The summed E-state index contributed by atoms with van der Waals surface area (Å²) in [5.74, 6) is -0.0872. The summed E-state index contributed by atoms with van der Waals surface area (Å²) in [5.41, 5.74) is 9.21. The monoisotopic (exact) mass is 315 g/mol. The molecule has 3 N–H and O–H groups in total. The van der Waals surface area contributed by atoms with E-state index in [0.29, 0.717) is 6.54 Å². The van der Waals surface area contributed by atoms with Gasteiger partial charge in [-0.3, -0.25) is 4.79 Å². The molecule has 1 fully saturated rings. The highest BCUT2D eigenvalue weighted by Gasteiger charge is 2.21. The predicted molar refractivity (Wildman–Crippen MR) is 86.6 cm³/mol. The minimum Gasteiger partial charge on any atom is -0.382 e. The molecule has 1 atom stereocenters. The molecule has 1 aliphatic heterocycles. The molecule has 2 heterocycles. The van der Waals surface area contributed by atoms with Crippen LogP contribution in [0.5, 0.6) is 0 Å². The summed E-state index contributed by atoms with van der Waals surface area (Å²) in [5, 5.41) is 10.8. The van der Waals surface area contributed by atoms with E-state index in [2.05, 4.69) is 15.6 Å². The lowest BCUT2D eigenvalue weighted by Gasteiger charge is -2.10. The van der Waals surface area contributed by atoms with Gasteiger partial charge in [0, 0.05) is 13.2 Å². The zero-order valence-corrected chi connectivity index (χ0v) is 13.4. The van der Waals surface area contributed by atoms with Gasteiger partial charge in [-0.1, -0.05) is 22.9 Å². The van der Waals surface area contributed by atoms with Crippen LogP contribution in [0, 0.1) is 13.8 Å². The molecule has 0 bridgehead atoms. The molecule has 0 aliphatic carbocycles. The van der Waals surface area contributed by atoms with Crippen LogP contribution < -0.4 is 11.1 Å². The summed E-state index contributed by atoms with van der Waals surface area (Å²) in [6.45, 7) is 5.21. The van der Waals surface area contributed by atoms with E-state index in [1.807, 2.05) is 32.0 Å². The van der Waals surface area contributed by atoms with Gasteiger partial charge in [0.1, 0.15) is 0 Å². The molecule has 3 rings (SSSR count). The first-order valence-corrected chi connectivity index (χ1v) is 7.75. The quantitative estimate of drug-likeness (QED) is 0.888. The minimum absolute atomic E-state index is 0.0783. The Labute approximate surface area is 134 Å². The molecular weight excluding hydrogens is 294 g/mol. The maximum absolute atomic E-state index is 12.2. The lowest BCUT2D eigenvalue weighted by molar-refractivity contribution is 0.0854. The number of hydrogen-bond donors (Lipinski definition) is 2. The molecule has 7 heteroatoms. The lowest BCUT2D eigenvalue weighted by Crippen LogP contribution is -2.32. The number of aryl methyl sites for hydroxylation is 2. The first-order chi connectivity index (χ1) is 11.1. The van der Waals surface area contributed by atoms with Crippen LogP contribution >= 0.6 is 0 Å². The number of nitrogens with two attached hydrogens (primary N) is 1. The Kier molecular flexibility index (Phi) is 4.29. The van der Waals surface area contributed by atoms with Crippen molar-refractivity contribution in [3.63, 3.8) is 0 Å². The topological polar surface area (TPSA) is 95.1 Å². The molecule has 0 radical (unpaired) electrons. The van der Waals surface area contributed by atoms with Crippen LogP contribution in [0.1, 0.15) is 34.5 Å². The van der Waals surface area contributed by atoms with Crippen molar-refractivity contribution in [1.29, 1.82) is 0 Å². The van der Waals surface area contributed by atoms with Crippen LogP contribution in [0.15, 0.2) is 18.2 Å². The molecule has 0 saturated carbocycles. The SMILES string of the molecule is Cc1ccc(-n2nnc(C(=O)NC[C@H]3CCCO3)c2N)c(C)c1. The maximum atomic E-state index is 12.2. The number of aromatic nitrogens is 3. The largest absolute Gasteiger partial charge is 0.382 e. The summed E-state index contributed by atoms with van der Waals surface area (Å²) >= 11 is 0. The maximum Gasteiger partial charge on any atom is 0.275 e. The van der Waals surface area contributed by atoms with Gasteiger partial charge in [-0.05, 0) is 38.3 Å². The number of benzene rings is 1. The number of carbonyl (C=O) groups is 1. The molecule has 2 aromatic rings. The third kappa shape index (κ3) is 3.19. The van der Waals surface area contributed by atoms with Crippen molar-refractivity contribution < 1.29 is 9.53 Å². The highest BCUT2D eigenvalue weighted by atomic mass is 16.5. The van der Waals surface area contributed by atoms with Gasteiger partial charge in [0.25, 0.3) is 5.91 Å². The Bertz CT molecular complexity index is 719. The van der Waals surface area contributed by atoms with Gasteiger partial charge in [0.05, 0.1) is 11.8 Å². The smallest absolute Gasteiger partial charge is 0.275 e. The fourth-order valence-electron chi connectivity index (χ4n) is 2.77. The van der Waals surface area contributed by atoms with Gasteiger partial charge in [0.15, 0.2) is 11.5 Å². The van der Waals surface area contributed by atoms with Crippen molar-refractivity contribution in [2.45, 2.75) is 32.8 Å². The Morgan fingerprint density at radius 1 is 1.48 bits per heavy atom. The van der Waals surface area contributed by atoms with E-state index in [0.717, 1.165) is 36.3 Å². The van der Waals surface area contributed by atoms with Crippen molar-refractivity contribution in [2.75, 3.05) is 18.9 Å². The second kappa shape index (κ2) is 6.37. The zero-order valence-electron chi connectivity index (χ0n) is 13.4. The fraction of sp³-hybridized carbons (Fsp3) is 0.438. The number of amides is 1. The number of rotatable bonds is 4. The van der Waals surface area contributed by atoms with Gasteiger partial charge in [0.2, 0.25) is 0 Å². The highest BCUT2D eigenvalue weighted by molar-refractivity contribution is 5.96. The average Bonchev–Trinajstić information content (AvgIpc) is 3.15. The van der Waals surface area contributed by atoms with Gasteiger partial charge in [-0.15, -0.1) is 5.10 Å². The Balaban J connectivity index is 1.77. The third-order valence-electron chi connectivity index (χ3n) is 4.01. The van der Waals surface area contributed by atoms with Crippen LogP contribution in [0.3, 0.4) is 0 Å². The van der Waals surface area contributed by atoms with Crippen molar-refractivity contribution in [3.8, 4) is 5.69 Å². The van der Waals surface area contributed by atoms with E-state index in [-0.39, 0.29) is 23.5 Å². The van der Waals surface area contributed by atoms with E-state index in [4.69, 9.17) is 10.5 Å². The molecule has 23 heavy (non-hydrogen) atoms. The molecule has 1 aromatic carbocycles. The molecule has 1 saturated heterocycles. The Morgan fingerprint density at radius 3 is 3.00 bits per heavy atom. The second-order valence-corrected chi connectivity index (χ2v) is 5.87. The molecule has 1 aliphatic rings. The normalized spacial score (nSPS) is 17.4. The Hall–Kier alpha value is -2.41. The summed E-state index contributed by atoms with van der Waals surface area (Å²) in [4.78, 5) is 12.2. The first kappa shape index (κ1) is 15.5. The number of hydrogen-bond acceptors (Lipinski definition) is 5. The summed E-state index contributed by atoms with van der Waals surface area (Å²) in [6.07, 6.45) is 2.07. The number of carbonyl (C=O) groups excluding carboxylic acids is 1. The van der Waals surface area contributed by atoms with Crippen molar-refractivity contribution in [2.24, 2.45) is 0 Å².